The molecular weight excluding hydrogens is 486 g/mol. The van der Waals surface area contributed by atoms with Gasteiger partial charge in [0.15, 0.2) is 5.96 Å². The molecule has 0 saturated heterocycles. The molecule has 3 aromatic rings. The summed E-state index contributed by atoms with van der Waals surface area (Å²) < 4.78 is 21.4. The average Bonchev–Trinajstić information content (AvgIpc) is 3.37. The summed E-state index contributed by atoms with van der Waals surface area (Å²) >= 11 is 0. The smallest absolute Gasteiger partial charge is 0.191 e. The lowest BCUT2D eigenvalue weighted by molar-refractivity contribution is 0.380. The Bertz CT molecular complexity index is 917. The molecule has 1 aromatic carbocycles. The first kappa shape index (κ1) is 22.9. The summed E-state index contributed by atoms with van der Waals surface area (Å²) in [5, 5.41) is 10.6. The fourth-order valence-electron chi connectivity index (χ4n) is 2.99. The second-order valence-electron chi connectivity index (χ2n) is 6.27. The first-order valence-electron chi connectivity index (χ1n) is 9.33. The van der Waals surface area contributed by atoms with Crippen LogP contribution in [0.2, 0.25) is 0 Å². The van der Waals surface area contributed by atoms with E-state index in [0.29, 0.717) is 24.7 Å². The van der Waals surface area contributed by atoms with Gasteiger partial charge >= 0.3 is 0 Å². The molecular formula is C20H26FIN6O. The summed E-state index contributed by atoms with van der Waals surface area (Å²) in [6, 6.07) is 5.13. The van der Waals surface area contributed by atoms with Gasteiger partial charge in [-0.15, -0.1) is 24.0 Å². The molecule has 0 unspecified atom stereocenters. The van der Waals surface area contributed by atoms with Crippen molar-refractivity contribution in [2.75, 3.05) is 7.05 Å². The molecule has 3 rings (SSSR count). The Labute approximate surface area is 186 Å². The van der Waals surface area contributed by atoms with Gasteiger partial charge in [0.05, 0.1) is 17.7 Å². The molecule has 0 aliphatic carbocycles. The highest BCUT2D eigenvalue weighted by molar-refractivity contribution is 14.0. The van der Waals surface area contributed by atoms with E-state index in [0.717, 1.165) is 35.4 Å². The van der Waals surface area contributed by atoms with Gasteiger partial charge in [-0.05, 0) is 24.1 Å². The van der Waals surface area contributed by atoms with E-state index < -0.39 is 0 Å². The van der Waals surface area contributed by atoms with E-state index in [-0.39, 0.29) is 29.8 Å². The van der Waals surface area contributed by atoms with Crippen LogP contribution in [-0.4, -0.2) is 27.7 Å². The molecule has 0 amide bonds. The molecule has 156 valence electrons. The SMILES string of the molecule is CCc1noc(CC)c1CNC(=NC)NCc1ccc(-n2ccnc2)c(F)c1.I. The number of aryl methyl sites for hydroxylation is 2. The average molecular weight is 512 g/mol. The number of aliphatic imine (C=N–C) groups is 1. The van der Waals surface area contributed by atoms with Gasteiger partial charge in [-0.1, -0.05) is 25.1 Å². The van der Waals surface area contributed by atoms with Gasteiger partial charge in [0, 0.05) is 44.5 Å². The van der Waals surface area contributed by atoms with Crippen LogP contribution in [0.15, 0.2) is 46.4 Å². The molecule has 0 radical (unpaired) electrons. The summed E-state index contributed by atoms with van der Waals surface area (Å²) in [5.74, 6) is 1.21. The van der Waals surface area contributed by atoms with E-state index in [9.17, 15) is 4.39 Å². The van der Waals surface area contributed by atoms with Gasteiger partial charge < -0.3 is 19.7 Å². The van der Waals surface area contributed by atoms with Crippen LogP contribution >= 0.6 is 24.0 Å². The fourth-order valence-corrected chi connectivity index (χ4v) is 2.99. The summed E-state index contributed by atoms with van der Waals surface area (Å²) in [6.07, 6.45) is 6.51. The van der Waals surface area contributed by atoms with Crippen LogP contribution in [0.1, 0.15) is 36.4 Å². The quantitative estimate of drug-likeness (QED) is 0.287. The zero-order chi connectivity index (χ0) is 19.9. The van der Waals surface area contributed by atoms with Crippen LogP contribution in [0.5, 0.6) is 0 Å². The summed E-state index contributed by atoms with van der Waals surface area (Å²) in [4.78, 5) is 8.18. The van der Waals surface area contributed by atoms with Gasteiger partial charge in [-0.3, -0.25) is 4.99 Å². The summed E-state index contributed by atoms with van der Waals surface area (Å²) in [7, 11) is 1.70. The van der Waals surface area contributed by atoms with Crippen LogP contribution in [0.4, 0.5) is 4.39 Å². The number of nitrogens with zero attached hydrogens (tertiary/aromatic N) is 4. The maximum absolute atomic E-state index is 14.4. The van der Waals surface area contributed by atoms with E-state index in [1.54, 1.807) is 36.4 Å². The van der Waals surface area contributed by atoms with Crippen molar-refractivity contribution in [2.45, 2.75) is 39.8 Å². The van der Waals surface area contributed by atoms with E-state index in [1.807, 2.05) is 13.0 Å². The first-order valence-corrected chi connectivity index (χ1v) is 9.33. The number of imidazole rings is 1. The number of guanidine groups is 1. The minimum absolute atomic E-state index is 0. The van der Waals surface area contributed by atoms with Crippen molar-refractivity contribution in [2.24, 2.45) is 4.99 Å². The van der Waals surface area contributed by atoms with Crippen molar-refractivity contribution in [1.29, 1.82) is 0 Å². The predicted octanol–water partition coefficient (Wildman–Crippen LogP) is 3.61. The summed E-state index contributed by atoms with van der Waals surface area (Å²) in [6.45, 7) is 5.11. The van der Waals surface area contributed by atoms with Gasteiger partial charge in [-0.25, -0.2) is 9.37 Å². The maximum atomic E-state index is 14.4. The molecule has 0 saturated carbocycles. The van der Waals surface area contributed by atoms with Crippen molar-refractivity contribution in [3.05, 3.63) is 65.3 Å². The lowest BCUT2D eigenvalue weighted by Crippen LogP contribution is -2.36. The second-order valence-corrected chi connectivity index (χ2v) is 6.27. The van der Waals surface area contributed by atoms with Crippen LogP contribution in [0.3, 0.4) is 0 Å². The third-order valence-corrected chi connectivity index (χ3v) is 4.52. The fraction of sp³-hybridized carbons (Fsp3) is 0.350. The van der Waals surface area contributed by atoms with E-state index in [1.165, 1.54) is 6.07 Å². The number of hydrogen-bond acceptors (Lipinski definition) is 4. The lowest BCUT2D eigenvalue weighted by atomic mass is 10.1. The Morgan fingerprint density at radius 2 is 2.00 bits per heavy atom. The molecule has 0 atom stereocenters. The van der Waals surface area contributed by atoms with Gasteiger partial charge in [0.2, 0.25) is 0 Å². The Morgan fingerprint density at radius 3 is 2.62 bits per heavy atom. The number of hydrogen-bond donors (Lipinski definition) is 2. The molecule has 9 heteroatoms. The lowest BCUT2D eigenvalue weighted by Gasteiger charge is -2.13. The number of rotatable bonds is 7. The molecule has 0 aliphatic rings. The third-order valence-electron chi connectivity index (χ3n) is 4.52. The minimum Gasteiger partial charge on any atom is -0.361 e. The molecule has 7 nitrogen and oxygen atoms in total. The van der Waals surface area contributed by atoms with E-state index in [4.69, 9.17) is 4.52 Å². The van der Waals surface area contributed by atoms with Crippen molar-refractivity contribution in [3.63, 3.8) is 0 Å². The van der Waals surface area contributed by atoms with Crippen molar-refractivity contribution in [1.82, 2.24) is 25.3 Å². The van der Waals surface area contributed by atoms with E-state index in [2.05, 4.69) is 32.7 Å². The van der Waals surface area contributed by atoms with Crippen molar-refractivity contribution in [3.8, 4) is 5.69 Å². The predicted molar refractivity (Wildman–Crippen MR) is 121 cm³/mol. The standard InChI is InChI=1S/C20H25FN6O.HI/c1-4-17-15(19(5-2)28-26-17)12-25-20(22-3)24-11-14-6-7-18(16(21)10-14)27-9-8-23-13-27;/h6-10,13H,4-5,11-12H2,1-3H3,(H2,22,24,25);1H. The molecule has 0 aliphatic heterocycles. The van der Waals surface area contributed by atoms with Crippen LogP contribution in [0, 0.1) is 5.82 Å². The number of benzene rings is 1. The minimum atomic E-state index is -0.301. The highest BCUT2D eigenvalue weighted by atomic mass is 127. The second kappa shape index (κ2) is 10.9. The topological polar surface area (TPSA) is 80.3 Å². The first-order chi connectivity index (χ1) is 13.7. The monoisotopic (exact) mass is 512 g/mol. The number of halogens is 2. The molecule has 29 heavy (non-hydrogen) atoms. The Kier molecular flexibility index (Phi) is 8.62. The molecule has 2 heterocycles. The van der Waals surface area contributed by atoms with Gasteiger partial charge in [-0.2, -0.15) is 0 Å². The van der Waals surface area contributed by atoms with Crippen molar-refractivity contribution >= 4 is 29.9 Å². The summed E-state index contributed by atoms with van der Waals surface area (Å²) in [5.41, 5.74) is 3.31. The third kappa shape index (κ3) is 5.55. The van der Waals surface area contributed by atoms with Crippen LogP contribution < -0.4 is 10.6 Å². The Balaban J connectivity index is 0.00000300. The highest BCUT2D eigenvalue weighted by Gasteiger charge is 2.13. The maximum Gasteiger partial charge on any atom is 0.191 e. The van der Waals surface area contributed by atoms with Gasteiger partial charge in [0.1, 0.15) is 11.6 Å². The van der Waals surface area contributed by atoms with Crippen LogP contribution in [0.25, 0.3) is 5.69 Å². The van der Waals surface area contributed by atoms with Gasteiger partial charge in [0.25, 0.3) is 0 Å². The van der Waals surface area contributed by atoms with E-state index >= 15 is 0 Å². The Hall–Kier alpha value is -2.43. The highest BCUT2D eigenvalue weighted by Crippen LogP contribution is 2.16. The molecule has 0 spiro atoms. The zero-order valence-electron chi connectivity index (χ0n) is 16.8. The van der Waals surface area contributed by atoms with Crippen molar-refractivity contribution < 1.29 is 8.91 Å². The van der Waals surface area contributed by atoms with Crippen LogP contribution in [-0.2, 0) is 25.9 Å². The Morgan fingerprint density at radius 1 is 1.21 bits per heavy atom. The molecule has 2 N–H and O–H groups in total. The largest absolute Gasteiger partial charge is 0.361 e. The molecule has 0 fully saturated rings. The molecule has 2 aromatic heterocycles. The number of aromatic nitrogens is 3. The zero-order valence-corrected chi connectivity index (χ0v) is 19.1. The number of nitrogens with one attached hydrogen (secondary N) is 2. The molecule has 0 bridgehead atoms. The normalized spacial score (nSPS) is 11.2.